The molecule has 0 unspecified atom stereocenters. The number of ketones is 1. The molecule has 11 nitrogen and oxygen atoms in total. The summed E-state index contributed by atoms with van der Waals surface area (Å²) in [4.78, 5) is 37.5. The molecule has 5 aromatic rings. The monoisotopic (exact) mass is 604 g/mol. The number of hydrogen-bond acceptors (Lipinski definition) is 7. The van der Waals surface area contributed by atoms with E-state index in [1.165, 1.54) is 10.9 Å². The molecular formula is C30H23F3N6O5. The average molecular weight is 605 g/mol. The third kappa shape index (κ3) is 6.52. The van der Waals surface area contributed by atoms with Crippen molar-refractivity contribution in [3.63, 3.8) is 0 Å². The minimum absolute atomic E-state index is 0.189. The van der Waals surface area contributed by atoms with E-state index in [-0.39, 0.29) is 23.1 Å². The zero-order valence-electron chi connectivity index (χ0n) is 23.1. The van der Waals surface area contributed by atoms with Gasteiger partial charge in [-0.15, -0.1) is 0 Å². The molecule has 2 heterocycles. The molecule has 3 aromatic carbocycles. The second-order valence-electron chi connectivity index (χ2n) is 9.21. The Balaban J connectivity index is 0.000000566. The third-order valence-electron chi connectivity index (χ3n) is 6.27. The van der Waals surface area contributed by atoms with Crippen molar-refractivity contribution in [2.24, 2.45) is 0 Å². The number of nitrogens with zero attached hydrogens (tertiary/aromatic N) is 3. The summed E-state index contributed by atoms with van der Waals surface area (Å²) in [5.74, 6) is -2.01. The summed E-state index contributed by atoms with van der Waals surface area (Å²) >= 11 is 0. The Kier molecular flexibility index (Phi) is 8.70. The molecule has 0 radical (unpaired) electrons. The molecule has 1 amide bonds. The number of halogens is 3. The number of rotatable bonds is 6. The van der Waals surface area contributed by atoms with Gasteiger partial charge in [0.2, 0.25) is 5.78 Å². The fraction of sp³-hybridized carbons (Fsp3) is 0.100. The number of carboxylic acid groups (broad SMARTS) is 1. The molecule has 0 fully saturated rings. The molecule has 5 N–H and O–H groups in total. The molecule has 0 aliphatic heterocycles. The zero-order valence-corrected chi connectivity index (χ0v) is 23.1. The van der Waals surface area contributed by atoms with E-state index in [2.05, 4.69) is 21.5 Å². The van der Waals surface area contributed by atoms with Crippen LogP contribution in [0.5, 0.6) is 11.5 Å². The molecule has 0 aliphatic carbocycles. The quantitative estimate of drug-likeness (QED) is 0.193. The van der Waals surface area contributed by atoms with E-state index in [4.69, 9.17) is 25.6 Å². The van der Waals surface area contributed by atoms with E-state index < -0.39 is 12.1 Å². The highest BCUT2D eigenvalue weighted by molar-refractivity contribution is 6.14. The van der Waals surface area contributed by atoms with Gasteiger partial charge in [0.25, 0.3) is 5.91 Å². The number of fused-ring (bicyclic) bond motifs is 1. The van der Waals surface area contributed by atoms with Crippen LogP contribution in [0.25, 0.3) is 16.6 Å². The van der Waals surface area contributed by atoms with E-state index in [1.807, 2.05) is 13.0 Å². The van der Waals surface area contributed by atoms with Crippen molar-refractivity contribution in [3.05, 3.63) is 101 Å². The number of ether oxygens (including phenoxy) is 1. The van der Waals surface area contributed by atoms with Gasteiger partial charge in [-0.2, -0.15) is 23.5 Å². The van der Waals surface area contributed by atoms with E-state index in [0.717, 1.165) is 5.56 Å². The van der Waals surface area contributed by atoms with Crippen LogP contribution in [0.1, 0.15) is 37.5 Å². The third-order valence-corrected chi connectivity index (χ3v) is 6.27. The molecule has 0 spiro atoms. The molecular weight excluding hydrogens is 581 g/mol. The Morgan fingerprint density at radius 2 is 1.73 bits per heavy atom. The van der Waals surface area contributed by atoms with Gasteiger partial charge < -0.3 is 25.9 Å². The minimum atomic E-state index is -5.08. The van der Waals surface area contributed by atoms with Crippen molar-refractivity contribution in [2.75, 3.05) is 12.8 Å². The highest BCUT2D eigenvalue weighted by Crippen LogP contribution is 2.29. The maximum Gasteiger partial charge on any atom is 0.490 e. The minimum Gasteiger partial charge on any atom is -0.475 e. The number of H-pyrrole nitrogens is 1. The number of anilines is 1. The molecule has 2 aromatic heterocycles. The van der Waals surface area contributed by atoms with Crippen LogP contribution in [0.15, 0.2) is 72.9 Å². The van der Waals surface area contributed by atoms with Crippen molar-refractivity contribution in [2.45, 2.75) is 13.1 Å². The topological polar surface area (TPSA) is 176 Å². The summed E-state index contributed by atoms with van der Waals surface area (Å²) in [6.45, 7) is 1.88. The van der Waals surface area contributed by atoms with Crippen molar-refractivity contribution >= 4 is 34.4 Å². The number of nitrogens with two attached hydrogens (primary N) is 1. The molecule has 44 heavy (non-hydrogen) atoms. The molecule has 0 saturated heterocycles. The number of aromatic nitrogens is 3. The van der Waals surface area contributed by atoms with Crippen LogP contribution >= 0.6 is 0 Å². The molecule has 0 aliphatic rings. The lowest BCUT2D eigenvalue weighted by molar-refractivity contribution is -0.192. The van der Waals surface area contributed by atoms with Gasteiger partial charge in [-0.25, -0.2) is 9.48 Å². The van der Waals surface area contributed by atoms with Crippen molar-refractivity contribution in [1.29, 1.82) is 5.26 Å². The largest absolute Gasteiger partial charge is 0.490 e. The first-order valence-electron chi connectivity index (χ1n) is 12.6. The lowest BCUT2D eigenvalue weighted by Gasteiger charge is -2.11. The summed E-state index contributed by atoms with van der Waals surface area (Å²) in [6, 6.07) is 21.3. The van der Waals surface area contributed by atoms with Crippen molar-refractivity contribution in [3.8, 4) is 23.3 Å². The average Bonchev–Trinajstić information content (AvgIpc) is 3.60. The van der Waals surface area contributed by atoms with Crippen LogP contribution in [0.4, 0.5) is 19.0 Å². The van der Waals surface area contributed by atoms with Gasteiger partial charge in [0.1, 0.15) is 17.3 Å². The van der Waals surface area contributed by atoms with Gasteiger partial charge in [-0.3, -0.25) is 9.59 Å². The van der Waals surface area contributed by atoms with Crippen LogP contribution in [0, 0.1) is 18.3 Å². The van der Waals surface area contributed by atoms with Crippen LogP contribution in [-0.4, -0.2) is 50.8 Å². The number of amides is 1. The maximum absolute atomic E-state index is 13.3. The van der Waals surface area contributed by atoms with Gasteiger partial charge in [0, 0.05) is 23.5 Å². The van der Waals surface area contributed by atoms with E-state index >= 15 is 0 Å². The number of aliphatic carboxylic acids is 1. The number of carboxylic acids is 1. The zero-order chi connectivity index (χ0) is 32.2. The Labute approximate surface area is 247 Å². The van der Waals surface area contributed by atoms with Crippen LogP contribution < -0.4 is 15.8 Å². The summed E-state index contributed by atoms with van der Waals surface area (Å²) < 4.78 is 39.1. The van der Waals surface area contributed by atoms with Gasteiger partial charge in [-0.1, -0.05) is 12.1 Å². The highest BCUT2D eigenvalue weighted by atomic mass is 19.4. The smallest absolute Gasteiger partial charge is 0.475 e. The van der Waals surface area contributed by atoms with E-state index in [9.17, 15) is 22.8 Å². The highest BCUT2D eigenvalue weighted by Gasteiger charge is 2.38. The number of carbonyl (C=O) groups excluding carboxylic acids is 2. The Bertz CT molecular complexity index is 1940. The summed E-state index contributed by atoms with van der Waals surface area (Å²) in [6.07, 6.45) is -3.65. The first-order valence-corrected chi connectivity index (χ1v) is 12.6. The molecule has 0 atom stereocenters. The van der Waals surface area contributed by atoms with Crippen LogP contribution in [-0.2, 0) is 4.79 Å². The first kappa shape index (κ1) is 30.8. The number of nitrogen functional groups attached to an aromatic ring is 1. The normalized spacial score (nSPS) is 10.8. The molecule has 0 saturated carbocycles. The number of aromatic amines is 1. The maximum atomic E-state index is 13.3. The Morgan fingerprint density at radius 3 is 2.36 bits per heavy atom. The van der Waals surface area contributed by atoms with Gasteiger partial charge in [0.05, 0.1) is 34.8 Å². The molecule has 0 bridgehead atoms. The van der Waals surface area contributed by atoms with Gasteiger partial charge >= 0.3 is 12.1 Å². The van der Waals surface area contributed by atoms with Gasteiger partial charge in [-0.05, 0) is 67.1 Å². The van der Waals surface area contributed by atoms with Crippen molar-refractivity contribution < 1.29 is 37.4 Å². The number of nitrogens with one attached hydrogen (secondary N) is 2. The van der Waals surface area contributed by atoms with Crippen LogP contribution in [0.2, 0.25) is 0 Å². The molecule has 5 rings (SSSR count). The number of alkyl halides is 3. The summed E-state index contributed by atoms with van der Waals surface area (Å²) in [5.41, 5.74) is 10.1. The number of carbonyl (C=O) groups is 3. The van der Waals surface area contributed by atoms with E-state index in [1.54, 1.807) is 67.7 Å². The molecule has 224 valence electrons. The second kappa shape index (κ2) is 12.4. The predicted octanol–water partition coefficient (Wildman–Crippen LogP) is 5.13. The van der Waals surface area contributed by atoms with E-state index in [0.29, 0.717) is 44.9 Å². The SMILES string of the molecule is CNC(=O)c1cccc2[nH]c(C(=O)c3cnn(-c4ccc(Oc5cccc(C#N)c5)cc4C)c3N)cc12.O=C(O)C(F)(F)F. The number of nitriles is 1. The lowest BCUT2D eigenvalue weighted by atomic mass is 10.1. The molecule has 14 heteroatoms. The standard InChI is InChI=1S/C28H22N6O3.C2HF3O2/c1-16-11-19(37-18-6-3-5-17(12-18)14-29)9-10-25(16)34-27(30)22(15-32-34)26(35)24-13-21-20(28(36)31-2)7-4-8-23(21)33-24;3-2(4,5)1(6)7/h3-13,15,33H,30H2,1-2H3,(H,31,36);(H,6,7). The van der Waals surface area contributed by atoms with Gasteiger partial charge in [0.15, 0.2) is 0 Å². The second-order valence-corrected chi connectivity index (χ2v) is 9.21. The van der Waals surface area contributed by atoms with Crippen LogP contribution in [0.3, 0.4) is 0 Å². The first-order chi connectivity index (χ1) is 20.8. The van der Waals surface area contributed by atoms with Crippen molar-refractivity contribution in [1.82, 2.24) is 20.1 Å². The fourth-order valence-electron chi connectivity index (χ4n) is 4.17. The number of hydrogen-bond donors (Lipinski definition) is 4. The summed E-state index contributed by atoms with van der Waals surface area (Å²) in [5, 5.41) is 23.8. The number of aryl methyl sites for hydroxylation is 1. The Morgan fingerprint density at radius 1 is 1.05 bits per heavy atom. The summed E-state index contributed by atoms with van der Waals surface area (Å²) in [7, 11) is 1.56. The predicted molar refractivity (Wildman–Crippen MR) is 153 cm³/mol. The number of benzene rings is 3. The lowest BCUT2D eigenvalue weighted by Crippen LogP contribution is -2.21. The Hall–Kier alpha value is -6.10. The fourth-order valence-corrected chi connectivity index (χ4v) is 4.17.